The number of methoxy groups -OCH3 is 1. The molecule has 96 valence electrons. The van der Waals surface area contributed by atoms with E-state index in [0.717, 1.165) is 18.4 Å². The Balaban J connectivity index is 2.26. The van der Waals surface area contributed by atoms with Crippen molar-refractivity contribution < 1.29 is 9.53 Å². The lowest BCUT2D eigenvalue weighted by Crippen LogP contribution is -2.28. The van der Waals surface area contributed by atoms with Crippen LogP contribution in [0.25, 0.3) is 11.0 Å². The summed E-state index contributed by atoms with van der Waals surface area (Å²) in [6.45, 7) is 2.77. The number of imidazole rings is 1. The third kappa shape index (κ3) is 2.30. The van der Waals surface area contributed by atoms with Gasteiger partial charge in [-0.05, 0) is 18.6 Å². The lowest BCUT2D eigenvalue weighted by Gasteiger charge is -2.06. The zero-order chi connectivity index (χ0) is 13.0. The highest BCUT2D eigenvalue weighted by molar-refractivity contribution is 5.91. The summed E-state index contributed by atoms with van der Waals surface area (Å²) in [7, 11) is 1.59. The van der Waals surface area contributed by atoms with Crippen LogP contribution in [0.4, 0.5) is 4.79 Å². The molecule has 0 saturated heterocycles. The van der Waals surface area contributed by atoms with Gasteiger partial charge >= 0.3 is 6.03 Å². The number of hydrogen-bond donors (Lipinski definition) is 1. The Bertz CT molecular complexity index is 548. The molecular formula is C13H17N3O2. The van der Waals surface area contributed by atoms with Gasteiger partial charge in [-0.15, -0.1) is 0 Å². The number of nitrogens with zero attached hydrogens (tertiary/aromatic N) is 2. The van der Waals surface area contributed by atoms with E-state index < -0.39 is 0 Å². The summed E-state index contributed by atoms with van der Waals surface area (Å²) in [5.41, 5.74) is 1.45. The fourth-order valence-corrected chi connectivity index (χ4v) is 1.80. The van der Waals surface area contributed by atoms with Gasteiger partial charge in [0.25, 0.3) is 0 Å². The van der Waals surface area contributed by atoms with Crippen molar-refractivity contribution in [2.75, 3.05) is 13.7 Å². The largest absolute Gasteiger partial charge is 0.494 e. The average molecular weight is 247 g/mol. The lowest BCUT2D eigenvalue weighted by molar-refractivity contribution is 0.243. The number of amides is 1. The molecule has 2 rings (SSSR count). The first-order valence-corrected chi connectivity index (χ1v) is 6.06. The van der Waals surface area contributed by atoms with E-state index >= 15 is 0 Å². The van der Waals surface area contributed by atoms with Crippen molar-refractivity contribution in [1.29, 1.82) is 0 Å². The van der Waals surface area contributed by atoms with Gasteiger partial charge in [-0.2, -0.15) is 0 Å². The van der Waals surface area contributed by atoms with Crippen LogP contribution < -0.4 is 10.1 Å². The number of carbonyl (C=O) groups excluding carboxylic acids is 1. The van der Waals surface area contributed by atoms with Crippen LogP contribution in [-0.2, 0) is 0 Å². The molecule has 1 aromatic carbocycles. The average Bonchev–Trinajstić information content (AvgIpc) is 2.82. The molecular weight excluding hydrogens is 230 g/mol. The molecule has 0 spiro atoms. The van der Waals surface area contributed by atoms with Crippen LogP contribution in [0, 0.1) is 0 Å². The third-order valence-electron chi connectivity index (χ3n) is 2.78. The first-order chi connectivity index (χ1) is 8.77. The Kier molecular flexibility index (Phi) is 3.82. The van der Waals surface area contributed by atoms with Gasteiger partial charge in [0, 0.05) is 6.54 Å². The smallest absolute Gasteiger partial charge is 0.327 e. The minimum Gasteiger partial charge on any atom is -0.494 e. The molecule has 5 nitrogen and oxygen atoms in total. The van der Waals surface area contributed by atoms with Gasteiger partial charge in [-0.25, -0.2) is 9.78 Å². The summed E-state index contributed by atoms with van der Waals surface area (Å²) < 4.78 is 6.72. The number of nitrogens with one attached hydrogen (secondary N) is 1. The fraction of sp³-hybridized carbons (Fsp3) is 0.385. The normalized spacial score (nSPS) is 10.6. The molecule has 1 heterocycles. The molecule has 0 bridgehead atoms. The second kappa shape index (κ2) is 5.53. The Labute approximate surface area is 106 Å². The summed E-state index contributed by atoms with van der Waals surface area (Å²) in [6, 6.07) is 5.37. The Morgan fingerprint density at radius 1 is 1.50 bits per heavy atom. The maximum atomic E-state index is 12.0. The quantitative estimate of drug-likeness (QED) is 0.844. The van der Waals surface area contributed by atoms with Crippen molar-refractivity contribution in [3.63, 3.8) is 0 Å². The molecule has 0 atom stereocenters. The van der Waals surface area contributed by atoms with E-state index in [1.165, 1.54) is 10.9 Å². The van der Waals surface area contributed by atoms with Gasteiger partial charge in [0.2, 0.25) is 0 Å². The van der Waals surface area contributed by atoms with E-state index in [9.17, 15) is 4.79 Å². The maximum Gasteiger partial charge on any atom is 0.327 e. The molecule has 1 amide bonds. The van der Waals surface area contributed by atoms with E-state index in [1.807, 2.05) is 18.2 Å². The zero-order valence-electron chi connectivity index (χ0n) is 10.6. The molecule has 18 heavy (non-hydrogen) atoms. The zero-order valence-corrected chi connectivity index (χ0v) is 10.6. The minimum absolute atomic E-state index is 0.154. The Morgan fingerprint density at radius 3 is 3.06 bits per heavy atom. The summed E-state index contributed by atoms with van der Waals surface area (Å²) in [5.74, 6) is 0.674. The molecule has 0 saturated carbocycles. The molecule has 0 fully saturated rings. The van der Waals surface area contributed by atoms with Crippen molar-refractivity contribution in [3.8, 4) is 5.75 Å². The number of fused-ring (bicyclic) bond motifs is 1. The van der Waals surface area contributed by atoms with Gasteiger partial charge in [0.15, 0.2) is 0 Å². The highest BCUT2D eigenvalue weighted by Gasteiger charge is 2.11. The lowest BCUT2D eigenvalue weighted by atomic mass is 10.3. The van der Waals surface area contributed by atoms with E-state index in [1.54, 1.807) is 7.11 Å². The van der Waals surface area contributed by atoms with Crippen LogP contribution in [0.1, 0.15) is 19.8 Å². The van der Waals surface area contributed by atoms with Gasteiger partial charge < -0.3 is 10.1 Å². The number of para-hydroxylation sites is 1. The second-order valence-electron chi connectivity index (χ2n) is 4.03. The van der Waals surface area contributed by atoms with E-state index in [2.05, 4.69) is 17.2 Å². The minimum atomic E-state index is -0.154. The molecule has 5 heteroatoms. The highest BCUT2D eigenvalue weighted by Crippen LogP contribution is 2.23. The number of ether oxygens (including phenoxy) is 1. The van der Waals surface area contributed by atoms with Gasteiger partial charge in [-0.1, -0.05) is 19.4 Å². The SMILES string of the molecule is CCCCNC(=O)n1cnc2c(OC)cccc21. The van der Waals surface area contributed by atoms with Crippen LogP contribution >= 0.6 is 0 Å². The van der Waals surface area contributed by atoms with Crippen molar-refractivity contribution in [2.24, 2.45) is 0 Å². The number of aromatic nitrogens is 2. The number of benzene rings is 1. The predicted molar refractivity (Wildman–Crippen MR) is 70.0 cm³/mol. The number of unbranched alkanes of at least 4 members (excludes halogenated alkanes) is 1. The standard InChI is InChI=1S/C13H17N3O2/c1-3-4-8-14-13(17)16-9-15-12-10(16)6-5-7-11(12)18-2/h5-7,9H,3-4,8H2,1-2H3,(H,14,17). The molecule has 0 unspecified atom stereocenters. The van der Waals surface area contributed by atoms with Crippen LogP contribution in [0.3, 0.4) is 0 Å². The van der Waals surface area contributed by atoms with Gasteiger partial charge in [0.1, 0.15) is 17.6 Å². The molecule has 0 aliphatic heterocycles. The summed E-state index contributed by atoms with van der Waals surface area (Å²) >= 11 is 0. The first-order valence-electron chi connectivity index (χ1n) is 6.06. The Morgan fingerprint density at radius 2 is 2.33 bits per heavy atom. The van der Waals surface area contributed by atoms with Crippen molar-refractivity contribution in [1.82, 2.24) is 14.9 Å². The first kappa shape index (κ1) is 12.4. The van der Waals surface area contributed by atoms with Gasteiger partial charge in [0.05, 0.1) is 12.6 Å². The van der Waals surface area contributed by atoms with Crippen LogP contribution in [-0.4, -0.2) is 29.2 Å². The predicted octanol–water partition coefficient (Wildman–Crippen LogP) is 2.40. The second-order valence-corrected chi connectivity index (χ2v) is 4.03. The molecule has 0 aliphatic carbocycles. The van der Waals surface area contributed by atoms with E-state index in [-0.39, 0.29) is 6.03 Å². The van der Waals surface area contributed by atoms with Crippen molar-refractivity contribution in [2.45, 2.75) is 19.8 Å². The molecule has 1 N–H and O–H groups in total. The van der Waals surface area contributed by atoms with E-state index in [4.69, 9.17) is 4.74 Å². The van der Waals surface area contributed by atoms with Crippen molar-refractivity contribution in [3.05, 3.63) is 24.5 Å². The van der Waals surface area contributed by atoms with Crippen LogP contribution in [0.5, 0.6) is 5.75 Å². The van der Waals surface area contributed by atoms with E-state index in [0.29, 0.717) is 17.8 Å². The van der Waals surface area contributed by atoms with Crippen molar-refractivity contribution >= 4 is 17.1 Å². The highest BCUT2D eigenvalue weighted by atomic mass is 16.5. The summed E-state index contributed by atoms with van der Waals surface area (Å²) in [5, 5.41) is 2.86. The fourth-order valence-electron chi connectivity index (χ4n) is 1.80. The van der Waals surface area contributed by atoms with Gasteiger partial charge in [-0.3, -0.25) is 4.57 Å². The third-order valence-corrected chi connectivity index (χ3v) is 2.78. The molecule has 0 aliphatic rings. The monoisotopic (exact) mass is 247 g/mol. The van der Waals surface area contributed by atoms with Crippen LogP contribution in [0.15, 0.2) is 24.5 Å². The number of rotatable bonds is 4. The Hall–Kier alpha value is -2.04. The summed E-state index contributed by atoms with van der Waals surface area (Å²) in [6.07, 6.45) is 3.55. The maximum absolute atomic E-state index is 12.0. The molecule has 2 aromatic rings. The summed E-state index contributed by atoms with van der Waals surface area (Å²) in [4.78, 5) is 16.2. The number of carbonyl (C=O) groups is 1. The topological polar surface area (TPSA) is 56.2 Å². The molecule has 1 aromatic heterocycles. The molecule has 0 radical (unpaired) electrons. The van der Waals surface area contributed by atoms with Crippen LogP contribution in [0.2, 0.25) is 0 Å². The number of hydrogen-bond acceptors (Lipinski definition) is 3.